The van der Waals surface area contributed by atoms with Crippen molar-refractivity contribution in [3.63, 3.8) is 0 Å². The third kappa shape index (κ3) is 19.4. The van der Waals surface area contributed by atoms with E-state index in [-0.39, 0.29) is 209 Å². The van der Waals surface area contributed by atoms with E-state index in [2.05, 4.69) is 6.92 Å². The van der Waals surface area contributed by atoms with Gasteiger partial charge in [-0.3, -0.25) is 52.7 Å². The Labute approximate surface area is 725 Å². The predicted octanol–water partition coefficient (Wildman–Crippen LogP) is 20.8. The summed E-state index contributed by atoms with van der Waals surface area (Å²) in [6.45, 7) is 33.4. The van der Waals surface area contributed by atoms with Gasteiger partial charge in [-0.15, -0.1) is 0 Å². The van der Waals surface area contributed by atoms with Crippen LogP contribution in [-0.4, -0.2) is 134 Å². The van der Waals surface area contributed by atoms with E-state index in [9.17, 15) is 52.7 Å². The highest BCUT2D eigenvalue weighted by Crippen LogP contribution is 2.66. The molecule has 4 spiro atoms. The standard InChI is InChI=1S/C24H34O6.4C16H24O4.10CH4/c1-5-23(3,4)22(27)29-19-15-10-14-16(20(25)28-18(14)19)17(15)21(26)30-24(6-2)11-12-7-8-13(24)9-12;1-4-15(2,3)14(18)20-12-6-11-5-10(12)7-16(11)8-13(17)19-9-16;1-4-15(2,3)14(18)20-12-6-10-5-11(12)16(7-10)8-13(17)19-9-16;1-4-15(2,3)13(17)20-12-8-11-7-10(12)9-16(11)5-6-19-14(16)18;1-4-15(2,3)13(17)20-12-8-10-7-11(12)16(9-10)5-6-19-14(16)18;;;;;;;;;;/h12-19H,5-11H2,1-4H3;4*10-12H,4-9H2,1-3H3;10*1H4. The van der Waals surface area contributed by atoms with Gasteiger partial charge in [0.25, 0.3) is 0 Å². The Kier molecular flexibility index (Phi) is 35.9. The van der Waals surface area contributed by atoms with Crippen molar-refractivity contribution in [3.8, 4) is 0 Å². The molecular weight excluding hydrogens is 1530 g/mol. The van der Waals surface area contributed by atoms with Gasteiger partial charge in [0.1, 0.15) is 42.2 Å². The minimum absolute atomic E-state index is 0. The fourth-order valence-electron chi connectivity index (χ4n) is 23.7. The number of ether oxygens (including phenoxy) is 11. The number of esters is 11. The van der Waals surface area contributed by atoms with Crippen molar-refractivity contribution in [2.75, 3.05) is 26.4 Å². The molecule has 12 aliphatic carbocycles. The van der Waals surface area contributed by atoms with Crippen molar-refractivity contribution >= 4 is 65.7 Å². The van der Waals surface area contributed by atoms with E-state index >= 15 is 0 Å². The van der Waals surface area contributed by atoms with Crippen molar-refractivity contribution in [2.24, 2.45) is 132 Å². The summed E-state index contributed by atoms with van der Waals surface area (Å²) in [7, 11) is 0. The molecule has 12 saturated carbocycles. The highest BCUT2D eigenvalue weighted by molar-refractivity contribution is 5.87. The summed E-state index contributed by atoms with van der Waals surface area (Å²) in [5.41, 5.74) is -3.21. The first-order valence-corrected chi connectivity index (χ1v) is 42.9. The van der Waals surface area contributed by atoms with Crippen LogP contribution < -0.4 is 0 Å². The Hall–Kier alpha value is -5.83. The maximum absolute atomic E-state index is 13.5. The molecule has 0 N–H and O–H groups in total. The largest absolute Gasteiger partial charge is 0.465 e. The Morgan fingerprint density at radius 3 is 1.23 bits per heavy atom. The van der Waals surface area contributed by atoms with Crippen LogP contribution in [0.5, 0.6) is 0 Å². The molecule has 0 aromatic carbocycles. The lowest BCUT2D eigenvalue weighted by Crippen LogP contribution is -2.48. The zero-order valence-electron chi connectivity index (χ0n) is 68.9. The van der Waals surface area contributed by atoms with E-state index in [1.54, 1.807) is 0 Å². The average Bonchev–Trinajstić information content (AvgIpc) is 1.54. The number of cyclic esters (lactones) is 4. The monoisotopic (exact) mass is 1700 g/mol. The van der Waals surface area contributed by atoms with Crippen molar-refractivity contribution in [2.45, 2.75) is 401 Å². The molecule has 0 amide bonds. The van der Waals surface area contributed by atoms with Crippen molar-refractivity contribution in [1.29, 1.82) is 0 Å². The molecule has 12 bridgehead atoms. The summed E-state index contributed by atoms with van der Waals surface area (Å²) < 4.78 is 61.7. The molecule has 17 fully saturated rings. The molecule has 0 aromatic rings. The van der Waals surface area contributed by atoms with Crippen LogP contribution >= 0.6 is 0 Å². The van der Waals surface area contributed by atoms with Gasteiger partial charge in [0.15, 0.2) is 0 Å². The molecule has 25 unspecified atom stereocenters. The fraction of sp³-hybridized carbons (Fsp3) is 0.888. The van der Waals surface area contributed by atoms with E-state index in [0.29, 0.717) is 105 Å². The molecule has 0 aromatic heterocycles. The Bertz CT molecular complexity index is 3590. The molecule has 120 heavy (non-hydrogen) atoms. The van der Waals surface area contributed by atoms with Crippen LogP contribution in [0.2, 0.25) is 0 Å². The van der Waals surface area contributed by atoms with Gasteiger partial charge in [0.05, 0.1) is 89.0 Å². The Morgan fingerprint density at radius 1 is 0.400 bits per heavy atom. The van der Waals surface area contributed by atoms with Gasteiger partial charge in [-0.25, -0.2) is 0 Å². The number of hydrogen-bond acceptors (Lipinski definition) is 22. The van der Waals surface area contributed by atoms with Crippen LogP contribution in [0.3, 0.4) is 0 Å². The minimum atomic E-state index is -0.602. The van der Waals surface area contributed by atoms with Crippen LogP contribution in [0.25, 0.3) is 0 Å². The molecule has 25 atom stereocenters. The summed E-state index contributed by atoms with van der Waals surface area (Å²) in [6, 6.07) is 0. The molecule has 694 valence electrons. The fourth-order valence-corrected chi connectivity index (χ4v) is 23.7. The summed E-state index contributed by atoms with van der Waals surface area (Å²) >= 11 is 0. The van der Waals surface area contributed by atoms with E-state index in [1.165, 1.54) is 6.42 Å². The van der Waals surface area contributed by atoms with E-state index in [0.717, 1.165) is 141 Å². The number of rotatable bonds is 18. The minimum Gasteiger partial charge on any atom is -0.465 e. The summed E-state index contributed by atoms with van der Waals surface area (Å²) in [5.74, 6) is 1.63. The number of carbonyl (C=O) groups is 11. The van der Waals surface area contributed by atoms with Crippen molar-refractivity contribution in [1.82, 2.24) is 0 Å². The first kappa shape index (κ1) is 108. The van der Waals surface area contributed by atoms with Gasteiger partial charge in [-0.05, 0) is 277 Å². The molecule has 5 aliphatic heterocycles. The van der Waals surface area contributed by atoms with Crippen LogP contribution in [0, 0.1) is 132 Å². The van der Waals surface area contributed by atoms with E-state index in [4.69, 9.17) is 52.1 Å². The van der Waals surface area contributed by atoms with Crippen LogP contribution in [0.15, 0.2) is 0 Å². The van der Waals surface area contributed by atoms with Gasteiger partial charge in [0, 0.05) is 34.5 Å². The van der Waals surface area contributed by atoms with Gasteiger partial charge in [-0.2, -0.15) is 0 Å². The van der Waals surface area contributed by atoms with Gasteiger partial charge in [-0.1, -0.05) is 116 Å². The third-order valence-electron chi connectivity index (χ3n) is 32.8. The molecule has 5 heterocycles. The second-order valence-electron chi connectivity index (χ2n) is 40.8. The molecule has 0 radical (unpaired) electrons. The lowest BCUT2D eigenvalue weighted by atomic mass is 9.71. The van der Waals surface area contributed by atoms with Gasteiger partial charge >= 0.3 is 65.7 Å². The van der Waals surface area contributed by atoms with Crippen LogP contribution in [0.4, 0.5) is 0 Å². The summed E-state index contributed by atoms with van der Waals surface area (Å²) in [5, 5.41) is 0. The normalized spacial score (nSPS) is 37.6. The maximum atomic E-state index is 13.5. The van der Waals surface area contributed by atoms with Crippen molar-refractivity contribution < 1.29 is 105 Å². The quantitative estimate of drug-likeness (QED) is 0.0910. The smallest absolute Gasteiger partial charge is 0.312 e. The lowest BCUT2D eigenvalue weighted by molar-refractivity contribution is -0.182. The van der Waals surface area contributed by atoms with E-state index < -0.39 is 51.1 Å². The SMILES string of the molecule is C.C.C.C.C.C.C.C.C.C.CCC(C)(C)C(=O)OC1C2CC3C1OC(=O)C3C2C(=O)OC1(CC)CC2CCC1C2.CCC(C)(C)C(=O)OC1CC2CC1C1(CCOC1=O)C2.CCC(C)(C)C(=O)OC1CC2CC1C1(COC(=O)C1)C2.CCC(C)(C)C(=O)OC1CC2CC1CC21CCOC1=O.CCC(C)(C)C(=O)OC1CC2CC1CC21COC(=O)C1. The van der Waals surface area contributed by atoms with Gasteiger partial charge < -0.3 is 52.1 Å². The Morgan fingerprint density at radius 2 is 0.833 bits per heavy atom. The number of carbonyl (C=O) groups excluding carboxylic acids is 11. The number of hydrogen-bond donors (Lipinski definition) is 0. The first-order chi connectivity index (χ1) is 51.7. The zero-order chi connectivity index (χ0) is 79.6. The first-order valence-electron chi connectivity index (χ1n) is 42.9. The zero-order valence-corrected chi connectivity index (χ0v) is 68.9. The Balaban J connectivity index is 0.000000384. The number of fused-ring (bicyclic) bond motifs is 15. The summed E-state index contributed by atoms with van der Waals surface area (Å²) in [6.07, 6.45) is 23.2. The molecular formula is C98H170O22. The van der Waals surface area contributed by atoms with Crippen LogP contribution in [0.1, 0.15) is 358 Å². The lowest BCUT2D eigenvalue weighted by Gasteiger charge is -2.39. The van der Waals surface area contributed by atoms with Gasteiger partial charge in [0.2, 0.25) is 0 Å². The topological polar surface area (TPSA) is 289 Å². The van der Waals surface area contributed by atoms with Crippen LogP contribution in [-0.2, 0) is 105 Å². The van der Waals surface area contributed by atoms with Crippen molar-refractivity contribution in [3.05, 3.63) is 0 Å². The highest BCUT2D eigenvalue weighted by Gasteiger charge is 2.72. The second-order valence-corrected chi connectivity index (χ2v) is 40.8. The average molecular weight is 1700 g/mol. The second kappa shape index (κ2) is 39.8. The molecule has 5 saturated heterocycles. The molecule has 22 nitrogen and oxygen atoms in total. The third-order valence-corrected chi connectivity index (χ3v) is 32.8. The maximum Gasteiger partial charge on any atom is 0.312 e. The highest BCUT2D eigenvalue weighted by atomic mass is 16.6. The summed E-state index contributed by atoms with van der Waals surface area (Å²) in [4.78, 5) is 135. The molecule has 17 rings (SSSR count). The molecule has 22 heteroatoms. The molecule has 17 aliphatic rings. The van der Waals surface area contributed by atoms with E-state index in [1.807, 2.05) is 104 Å². The predicted molar refractivity (Wildman–Crippen MR) is 465 cm³/mol.